The van der Waals surface area contributed by atoms with Crippen molar-refractivity contribution in [3.05, 3.63) is 59.8 Å². The minimum Gasteiger partial charge on any atom is -0.379 e. The molecule has 1 aromatic heterocycles. The SMILES string of the molecule is CC1CCN(c2ccc(CNC(=O)NC(CN3CCOCC3)c3ccccc3)cn2)CC1. The zero-order chi connectivity index (χ0) is 22.2. The Hall–Kier alpha value is -2.64. The molecule has 2 fully saturated rings. The van der Waals surface area contributed by atoms with Gasteiger partial charge in [-0.15, -0.1) is 0 Å². The third-order valence-corrected chi connectivity index (χ3v) is 6.42. The number of piperidine rings is 1. The van der Waals surface area contributed by atoms with E-state index in [0.29, 0.717) is 6.54 Å². The molecule has 2 aromatic rings. The number of urea groups is 1. The Morgan fingerprint density at radius 3 is 2.53 bits per heavy atom. The number of carbonyl (C=O) groups is 1. The highest BCUT2D eigenvalue weighted by atomic mass is 16.5. The van der Waals surface area contributed by atoms with Gasteiger partial charge in [0.2, 0.25) is 0 Å². The molecule has 2 aliphatic heterocycles. The molecule has 3 heterocycles. The molecule has 7 nitrogen and oxygen atoms in total. The number of hydrogen-bond donors (Lipinski definition) is 2. The lowest BCUT2D eigenvalue weighted by Gasteiger charge is -2.31. The molecule has 2 N–H and O–H groups in total. The van der Waals surface area contributed by atoms with Gasteiger partial charge in [-0.25, -0.2) is 9.78 Å². The maximum atomic E-state index is 12.7. The first-order valence-electron chi connectivity index (χ1n) is 11.8. The number of nitrogens with zero attached hydrogens (tertiary/aromatic N) is 3. The van der Waals surface area contributed by atoms with E-state index in [-0.39, 0.29) is 12.1 Å². The van der Waals surface area contributed by atoms with E-state index in [0.717, 1.165) is 68.8 Å². The number of pyridine rings is 1. The van der Waals surface area contributed by atoms with E-state index >= 15 is 0 Å². The molecule has 0 radical (unpaired) electrons. The number of hydrogen-bond acceptors (Lipinski definition) is 5. The molecule has 7 heteroatoms. The van der Waals surface area contributed by atoms with Gasteiger partial charge in [-0.1, -0.05) is 43.3 Å². The van der Waals surface area contributed by atoms with Gasteiger partial charge < -0.3 is 20.3 Å². The van der Waals surface area contributed by atoms with Gasteiger partial charge >= 0.3 is 6.03 Å². The van der Waals surface area contributed by atoms with Crippen LogP contribution in [0.1, 0.15) is 36.9 Å². The zero-order valence-electron chi connectivity index (χ0n) is 19.0. The average molecular weight is 438 g/mol. The summed E-state index contributed by atoms with van der Waals surface area (Å²) in [6, 6.07) is 14.0. The lowest BCUT2D eigenvalue weighted by molar-refractivity contribution is 0.0340. The van der Waals surface area contributed by atoms with Crippen molar-refractivity contribution in [2.45, 2.75) is 32.4 Å². The Kier molecular flexibility index (Phi) is 7.96. The second-order valence-electron chi connectivity index (χ2n) is 8.90. The molecule has 0 spiro atoms. The van der Waals surface area contributed by atoms with E-state index in [1.54, 1.807) is 0 Å². The van der Waals surface area contributed by atoms with Gasteiger partial charge in [0, 0.05) is 45.5 Å². The largest absolute Gasteiger partial charge is 0.379 e. The van der Waals surface area contributed by atoms with Crippen LogP contribution in [0.2, 0.25) is 0 Å². The van der Waals surface area contributed by atoms with Crippen LogP contribution in [0.15, 0.2) is 48.7 Å². The number of amides is 2. The average Bonchev–Trinajstić information content (AvgIpc) is 2.84. The van der Waals surface area contributed by atoms with Crippen molar-refractivity contribution in [1.29, 1.82) is 0 Å². The minimum atomic E-state index is -0.166. The number of morpholine rings is 1. The number of carbonyl (C=O) groups excluding carboxylic acids is 1. The van der Waals surface area contributed by atoms with Gasteiger partial charge in [-0.2, -0.15) is 0 Å². The van der Waals surface area contributed by atoms with Crippen molar-refractivity contribution in [3.63, 3.8) is 0 Å². The first-order valence-corrected chi connectivity index (χ1v) is 11.8. The van der Waals surface area contributed by atoms with Crippen LogP contribution < -0.4 is 15.5 Å². The maximum Gasteiger partial charge on any atom is 0.315 e. The molecule has 2 saturated heterocycles. The summed E-state index contributed by atoms with van der Waals surface area (Å²) < 4.78 is 5.46. The molecule has 1 aromatic carbocycles. The van der Waals surface area contributed by atoms with E-state index in [1.807, 2.05) is 24.4 Å². The Balaban J connectivity index is 1.30. The van der Waals surface area contributed by atoms with Crippen molar-refractivity contribution < 1.29 is 9.53 Å². The first-order chi connectivity index (χ1) is 15.7. The molecule has 0 saturated carbocycles. The summed E-state index contributed by atoms with van der Waals surface area (Å²) in [4.78, 5) is 22.0. The van der Waals surface area contributed by atoms with Gasteiger partial charge in [0.25, 0.3) is 0 Å². The quantitative estimate of drug-likeness (QED) is 0.696. The fourth-order valence-electron chi connectivity index (χ4n) is 4.30. The second-order valence-corrected chi connectivity index (χ2v) is 8.90. The highest BCUT2D eigenvalue weighted by molar-refractivity contribution is 5.74. The Morgan fingerprint density at radius 1 is 1.09 bits per heavy atom. The van der Waals surface area contributed by atoms with Crippen LogP contribution in [0.4, 0.5) is 10.6 Å². The summed E-state index contributed by atoms with van der Waals surface area (Å²) in [5.41, 5.74) is 2.11. The predicted octanol–water partition coefficient (Wildman–Crippen LogP) is 3.19. The van der Waals surface area contributed by atoms with Gasteiger partial charge in [0.15, 0.2) is 0 Å². The summed E-state index contributed by atoms with van der Waals surface area (Å²) in [5.74, 6) is 1.83. The topological polar surface area (TPSA) is 69.7 Å². The fraction of sp³-hybridized carbons (Fsp3) is 0.520. The van der Waals surface area contributed by atoms with Gasteiger partial charge in [-0.3, -0.25) is 4.90 Å². The molecule has 2 aliphatic rings. The van der Waals surface area contributed by atoms with Gasteiger partial charge in [-0.05, 0) is 36.0 Å². The Morgan fingerprint density at radius 2 is 1.84 bits per heavy atom. The van der Waals surface area contributed by atoms with Crippen LogP contribution >= 0.6 is 0 Å². The molecule has 1 unspecified atom stereocenters. The summed E-state index contributed by atoms with van der Waals surface area (Å²) in [6.07, 6.45) is 4.31. The highest BCUT2D eigenvalue weighted by Gasteiger charge is 2.20. The number of benzene rings is 1. The molecule has 2 amide bonds. The normalized spacial score (nSPS) is 18.8. The van der Waals surface area contributed by atoms with E-state index in [2.05, 4.69) is 56.6 Å². The van der Waals surface area contributed by atoms with E-state index in [9.17, 15) is 4.79 Å². The van der Waals surface area contributed by atoms with Gasteiger partial charge in [0.1, 0.15) is 5.82 Å². The number of aromatic nitrogens is 1. The molecule has 32 heavy (non-hydrogen) atoms. The highest BCUT2D eigenvalue weighted by Crippen LogP contribution is 2.21. The predicted molar refractivity (Wildman–Crippen MR) is 127 cm³/mol. The Bertz CT molecular complexity index is 831. The van der Waals surface area contributed by atoms with Crippen LogP contribution in [0, 0.1) is 5.92 Å². The minimum absolute atomic E-state index is 0.0729. The van der Waals surface area contributed by atoms with E-state index < -0.39 is 0 Å². The second kappa shape index (κ2) is 11.3. The fourth-order valence-corrected chi connectivity index (χ4v) is 4.30. The number of rotatable bonds is 7. The lowest BCUT2D eigenvalue weighted by Crippen LogP contribution is -2.45. The van der Waals surface area contributed by atoms with Crippen molar-refractivity contribution >= 4 is 11.8 Å². The van der Waals surface area contributed by atoms with Crippen molar-refractivity contribution in [2.75, 3.05) is 50.8 Å². The maximum absolute atomic E-state index is 12.7. The zero-order valence-corrected chi connectivity index (χ0v) is 19.0. The molecule has 4 rings (SSSR count). The third kappa shape index (κ3) is 6.43. The first kappa shape index (κ1) is 22.6. The number of ether oxygens (including phenoxy) is 1. The standard InChI is InChI=1S/C25H35N5O2/c1-20-9-11-30(12-10-20)24-8-7-21(17-26-24)18-27-25(31)28-23(22-5-3-2-4-6-22)19-29-13-15-32-16-14-29/h2-8,17,20,23H,9-16,18-19H2,1H3,(H2,27,28,31). The number of nitrogens with one attached hydrogen (secondary N) is 2. The smallest absolute Gasteiger partial charge is 0.315 e. The summed E-state index contributed by atoms with van der Waals surface area (Å²) in [5, 5.41) is 6.15. The molecular weight excluding hydrogens is 402 g/mol. The lowest BCUT2D eigenvalue weighted by atomic mass is 9.99. The monoisotopic (exact) mass is 437 g/mol. The van der Waals surface area contributed by atoms with Crippen LogP contribution in [0.3, 0.4) is 0 Å². The molecule has 0 aliphatic carbocycles. The molecule has 172 valence electrons. The summed E-state index contributed by atoms with van der Waals surface area (Å²) in [7, 11) is 0. The number of anilines is 1. The molecular formula is C25H35N5O2. The summed E-state index contributed by atoms with van der Waals surface area (Å²) >= 11 is 0. The Labute approximate surface area is 191 Å². The van der Waals surface area contributed by atoms with Crippen LogP contribution in [-0.4, -0.2) is 61.9 Å². The van der Waals surface area contributed by atoms with Crippen molar-refractivity contribution in [3.8, 4) is 0 Å². The molecule has 1 atom stereocenters. The van der Waals surface area contributed by atoms with Gasteiger partial charge in [0.05, 0.1) is 19.3 Å². The van der Waals surface area contributed by atoms with E-state index in [4.69, 9.17) is 4.74 Å². The van der Waals surface area contributed by atoms with E-state index in [1.165, 1.54) is 12.8 Å². The van der Waals surface area contributed by atoms with Crippen LogP contribution in [0.5, 0.6) is 0 Å². The van der Waals surface area contributed by atoms with Crippen LogP contribution in [0.25, 0.3) is 0 Å². The van der Waals surface area contributed by atoms with Crippen molar-refractivity contribution in [2.24, 2.45) is 5.92 Å². The third-order valence-electron chi connectivity index (χ3n) is 6.42. The summed E-state index contributed by atoms with van der Waals surface area (Å²) in [6.45, 7) is 8.94. The van der Waals surface area contributed by atoms with Crippen LogP contribution in [-0.2, 0) is 11.3 Å². The molecule has 0 bridgehead atoms. The van der Waals surface area contributed by atoms with Crippen molar-refractivity contribution in [1.82, 2.24) is 20.5 Å².